The summed E-state index contributed by atoms with van der Waals surface area (Å²) in [6.07, 6.45) is -0.0359. The van der Waals surface area contributed by atoms with Crippen LogP contribution in [0.2, 0.25) is 5.02 Å². The van der Waals surface area contributed by atoms with E-state index in [-0.39, 0.29) is 37.4 Å². The van der Waals surface area contributed by atoms with E-state index in [9.17, 15) is 20.1 Å². The number of aromatic nitrogens is 1. The van der Waals surface area contributed by atoms with Gasteiger partial charge in [0.15, 0.2) is 23.3 Å². The number of aliphatic carboxylic acids is 1. The summed E-state index contributed by atoms with van der Waals surface area (Å²) in [6, 6.07) is 15.4. The van der Waals surface area contributed by atoms with Crippen molar-refractivity contribution in [2.45, 2.75) is 39.4 Å². The van der Waals surface area contributed by atoms with E-state index in [1.807, 2.05) is 30.3 Å². The van der Waals surface area contributed by atoms with E-state index >= 15 is 0 Å². The molecular formula is C27H33ClN2O6. The van der Waals surface area contributed by atoms with Gasteiger partial charge in [0.1, 0.15) is 6.61 Å². The molecule has 3 rings (SSSR count). The lowest BCUT2D eigenvalue weighted by Crippen LogP contribution is -2.33. The number of benzene rings is 2. The Balaban J connectivity index is 1.79. The fourth-order valence-electron chi connectivity index (χ4n) is 4.17. The first-order valence-corrected chi connectivity index (χ1v) is 12.1. The number of ether oxygens (including phenoxy) is 2. The van der Waals surface area contributed by atoms with Gasteiger partial charge in [0.05, 0.1) is 20.1 Å². The lowest BCUT2D eigenvalue weighted by atomic mass is 9.99. The third-order valence-corrected chi connectivity index (χ3v) is 6.04. The number of aromatic hydroxyl groups is 2. The third kappa shape index (κ3) is 7.32. The SMILES string of the molecule is COc1cc(CN(CC(C)C)C(CC(=O)O)c2ccc(Cl)cc2)ccc1OCCn1c(O)ccc1O. The van der Waals surface area contributed by atoms with Crippen LogP contribution >= 0.6 is 11.6 Å². The zero-order chi connectivity index (χ0) is 26.2. The highest BCUT2D eigenvalue weighted by atomic mass is 35.5. The van der Waals surface area contributed by atoms with Crippen molar-refractivity contribution < 1.29 is 29.6 Å². The van der Waals surface area contributed by atoms with E-state index in [2.05, 4.69) is 18.7 Å². The highest BCUT2D eigenvalue weighted by molar-refractivity contribution is 6.30. The van der Waals surface area contributed by atoms with Crippen molar-refractivity contribution in [3.05, 3.63) is 70.7 Å². The highest BCUT2D eigenvalue weighted by Crippen LogP contribution is 2.32. The van der Waals surface area contributed by atoms with Gasteiger partial charge < -0.3 is 24.8 Å². The first-order chi connectivity index (χ1) is 17.2. The summed E-state index contributed by atoms with van der Waals surface area (Å²) in [6.45, 7) is 5.89. The predicted molar refractivity (Wildman–Crippen MR) is 138 cm³/mol. The molecule has 3 aromatic rings. The normalized spacial score (nSPS) is 12.2. The topological polar surface area (TPSA) is 104 Å². The molecule has 1 unspecified atom stereocenters. The molecule has 194 valence electrons. The van der Waals surface area contributed by atoms with E-state index in [4.69, 9.17) is 21.1 Å². The second-order valence-corrected chi connectivity index (χ2v) is 9.46. The number of hydrogen-bond donors (Lipinski definition) is 3. The zero-order valence-electron chi connectivity index (χ0n) is 20.7. The van der Waals surface area contributed by atoms with E-state index in [1.54, 1.807) is 19.2 Å². The Bertz CT molecular complexity index is 1130. The second-order valence-electron chi connectivity index (χ2n) is 9.02. The number of nitrogens with zero attached hydrogens (tertiary/aromatic N) is 2. The Labute approximate surface area is 216 Å². The van der Waals surface area contributed by atoms with Crippen LogP contribution in [0.25, 0.3) is 0 Å². The Kier molecular flexibility index (Phi) is 9.50. The molecule has 3 N–H and O–H groups in total. The van der Waals surface area contributed by atoms with E-state index in [0.29, 0.717) is 35.5 Å². The molecule has 0 saturated heterocycles. The number of carboxylic acids is 1. The van der Waals surface area contributed by atoms with Crippen LogP contribution in [-0.4, -0.2) is 51.0 Å². The average molecular weight is 517 g/mol. The van der Waals surface area contributed by atoms with Gasteiger partial charge in [-0.15, -0.1) is 0 Å². The third-order valence-electron chi connectivity index (χ3n) is 5.78. The molecule has 0 aliphatic heterocycles. The molecule has 0 spiro atoms. The van der Waals surface area contributed by atoms with Crippen molar-refractivity contribution in [1.82, 2.24) is 9.47 Å². The van der Waals surface area contributed by atoms with Crippen molar-refractivity contribution in [3.8, 4) is 23.3 Å². The molecule has 0 aliphatic rings. The van der Waals surface area contributed by atoms with Crippen LogP contribution < -0.4 is 9.47 Å². The molecule has 0 fully saturated rings. The molecule has 0 radical (unpaired) electrons. The van der Waals surface area contributed by atoms with Gasteiger partial charge in [-0.2, -0.15) is 0 Å². The Morgan fingerprint density at radius 1 is 1.03 bits per heavy atom. The van der Waals surface area contributed by atoms with Gasteiger partial charge >= 0.3 is 5.97 Å². The van der Waals surface area contributed by atoms with E-state index in [0.717, 1.165) is 11.1 Å². The van der Waals surface area contributed by atoms with Gasteiger partial charge in [0.2, 0.25) is 0 Å². The number of carbonyl (C=O) groups is 1. The smallest absolute Gasteiger partial charge is 0.305 e. The van der Waals surface area contributed by atoms with Crippen molar-refractivity contribution in [2.24, 2.45) is 5.92 Å². The van der Waals surface area contributed by atoms with E-state index < -0.39 is 5.97 Å². The van der Waals surface area contributed by atoms with Crippen LogP contribution in [0.15, 0.2) is 54.6 Å². The lowest BCUT2D eigenvalue weighted by Gasteiger charge is -2.33. The van der Waals surface area contributed by atoms with Crippen LogP contribution in [-0.2, 0) is 17.9 Å². The summed E-state index contributed by atoms with van der Waals surface area (Å²) >= 11 is 6.06. The van der Waals surface area contributed by atoms with Crippen LogP contribution in [0.3, 0.4) is 0 Å². The van der Waals surface area contributed by atoms with E-state index in [1.165, 1.54) is 16.7 Å². The van der Waals surface area contributed by atoms with Crippen molar-refractivity contribution in [1.29, 1.82) is 0 Å². The number of carboxylic acid groups (broad SMARTS) is 1. The Hall–Kier alpha value is -3.36. The molecule has 2 aromatic carbocycles. The monoisotopic (exact) mass is 516 g/mol. The minimum Gasteiger partial charge on any atom is -0.494 e. The molecule has 8 nitrogen and oxygen atoms in total. The van der Waals surface area contributed by atoms with Crippen molar-refractivity contribution in [2.75, 3.05) is 20.3 Å². The van der Waals surface area contributed by atoms with Gasteiger partial charge in [-0.3, -0.25) is 14.3 Å². The first kappa shape index (κ1) is 27.2. The van der Waals surface area contributed by atoms with Gasteiger partial charge in [-0.25, -0.2) is 0 Å². The molecule has 0 aliphatic carbocycles. The van der Waals surface area contributed by atoms with Crippen molar-refractivity contribution >= 4 is 17.6 Å². The summed E-state index contributed by atoms with van der Waals surface area (Å²) in [4.78, 5) is 13.9. The molecule has 0 amide bonds. The molecule has 1 aromatic heterocycles. The average Bonchev–Trinajstić information content (AvgIpc) is 3.15. The maximum Gasteiger partial charge on any atom is 0.305 e. The number of halogens is 1. The number of methoxy groups -OCH3 is 1. The maximum atomic E-state index is 11.7. The quantitative estimate of drug-likeness (QED) is 0.282. The summed E-state index contributed by atoms with van der Waals surface area (Å²) in [5.74, 6) is 0.437. The van der Waals surface area contributed by atoms with Gasteiger partial charge in [-0.05, 0) is 41.3 Å². The molecule has 1 atom stereocenters. The maximum absolute atomic E-state index is 11.7. The number of rotatable bonds is 13. The minimum atomic E-state index is -0.871. The van der Waals surface area contributed by atoms with Crippen LogP contribution in [0, 0.1) is 5.92 Å². The number of hydrogen-bond acceptors (Lipinski definition) is 6. The summed E-state index contributed by atoms with van der Waals surface area (Å²) in [7, 11) is 1.56. The lowest BCUT2D eigenvalue weighted by molar-refractivity contribution is -0.138. The predicted octanol–water partition coefficient (Wildman–Crippen LogP) is 5.31. The highest BCUT2D eigenvalue weighted by Gasteiger charge is 2.25. The molecule has 1 heterocycles. The Morgan fingerprint density at radius 3 is 2.28 bits per heavy atom. The fourth-order valence-corrected chi connectivity index (χ4v) is 4.29. The van der Waals surface area contributed by atoms with Crippen LogP contribution in [0.4, 0.5) is 0 Å². The fraction of sp³-hybridized carbons (Fsp3) is 0.370. The second kappa shape index (κ2) is 12.6. The zero-order valence-corrected chi connectivity index (χ0v) is 21.5. The van der Waals surface area contributed by atoms with Gasteiger partial charge in [-0.1, -0.05) is 43.6 Å². The van der Waals surface area contributed by atoms with Crippen LogP contribution in [0.5, 0.6) is 23.3 Å². The molecule has 0 saturated carbocycles. The summed E-state index contributed by atoms with van der Waals surface area (Å²) in [5, 5.41) is 29.8. The molecule has 9 heteroatoms. The minimum absolute atomic E-state index is 0.0359. The first-order valence-electron chi connectivity index (χ1n) is 11.8. The van der Waals surface area contributed by atoms with Crippen molar-refractivity contribution in [3.63, 3.8) is 0 Å². The molecule has 0 bridgehead atoms. The van der Waals surface area contributed by atoms with Crippen LogP contribution in [0.1, 0.15) is 37.4 Å². The largest absolute Gasteiger partial charge is 0.494 e. The summed E-state index contributed by atoms with van der Waals surface area (Å²) < 4.78 is 12.7. The molecule has 36 heavy (non-hydrogen) atoms. The molecular weight excluding hydrogens is 484 g/mol. The van der Waals surface area contributed by atoms with Gasteiger partial charge in [0.25, 0.3) is 0 Å². The standard InChI is InChI=1S/C27H33ClN2O6/c1-18(2)16-29(22(15-27(33)34)20-5-7-21(28)8-6-20)17-19-4-9-23(24(14-19)35-3)36-13-12-30-25(31)10-11-26(30)32/h4-11,14,18,22,31-32H,12-13,15-17H2,1-3H3,(H,33,34). The Morgan fingerprint density at radius 2 is 1.69 bits per heavy atom. The summed E-state index contributed by atoms with van der Waals surface area (Å²) in [5.41, 5.74) is 1.84. The van der Waals surface area contributed by atoms with Gasteiger partial charge in [0, 0.05) is 36.3 Å².